The van der Waals surface area contributed by atoms with Crippen LogP contribution in [0, 0.1) is 6.92 Å². The fraction of sp³-hybridized carbons (Fsp3) is 0.250. The predicted molar refractivity (Wildman–Crippen MR) is 61.4 cm³/mol. The van der Waals surface area contributed by atoms with E-state index in [0.29, 0.717) is 5.69 Å². The molecule has 2 rings (SSSR count). The number of hydrogen-bond acceptors (Lipinski definition) is 4. The van der Waals surface area contributed by atoms with Gasteiger partial charge in [-0.15, -0.1) is 0 Å². The van der Waals surface area contributed by atoms with E-state index in [1.807, 2.05) is 25.1 Å². The number of nitrogens with one attached hydrogen (secondary N) is 1. The molecule has 1 unspecified atom stereocenters. The largest absolute Gasteiger partial charge is 0.351 e. The Hall–Kier alpha value is -2.17. The zero-order valence-electron chi connectivity index (χ0n) is 9.68. The number of hydrogen-bond donors (Lipinski definition) is 1. The van der Waals surface area contributed by atoms with Gasteiger partial charge in [-0.3, -0.25) is 9.78 Å². The minimum atomic E-state index is -0.288. The number of aromatic nitrogens is 2. The van der Waals surface area contributed by atoms with Crippen LogP contribution in [0.15, 0.2) is 35.0 Å². The first kappa shape index (κ1) is 11.3. The Labute approximate surface area is 98.8 Å². The summed E-state index contributed by atoms with van der Waals surface area (Å²) in [5.74, 6) is -0.0750. The van der Waals surface area contributed by atoms with E-state index in [-0.39, 0.29) is 17.7 Å². The minimum Gasteiger partial charge on any atom is -0.351 e. The van der Waals surface area contributed by atoms with Crippen LogP contribution in [0.4, 0.5) is 0 Å². The van der Waals surface area contributed by atoms with Crippen molar-refractivity contribution in [2.75, 3.05) is 0 Å². The quantitative estimate of drug-likeness (QED) is 0.875. The summed E-state index contributed by atoms with van der Waals surface area (Å²) in [5.41, 5.74) is 1.48. The van der Waals surface area contributed by atoms with Gasteiger partial charge in [0.15, 0.2) is 0 Å². The summed E-state index contributed by atoms with van der Waals surface area (Å²) >= 11 is 0. The molecule has 0 saturated heterocycles. The molecule has 0 aliphatic rings. The van der Waals surface area contributed by atoms with Gasteiger partial charge in [0, 0.05) is 12.3 Å². The molecule has 0 spiro atoms. The first-order chi connectivity index (χ1) is 8.16. The molecule has 0 aliphatic heterocycles. The third-order valence-corrected chi connectivity index (χ3v) is 2.33. The van der Waals surface area contributed by atoms with Crippen LogP contribution in [0.3, 0.4) is 0 Å². The topological polar surface area (TPSA) is 68.0 Å². The van der Waals surface area contributed by atoms with Gasteiger partial charge in [0.05, 0.1) is 17.4 Å². The summed E-state index contributed by atoms with van der Waals surface area (Å²) in [7, 11) is 0. The van der Waals surface area contributed by atoms with Crippen LogP contribution in [0.25, 0.3) is 0 Å². The van der Waals surface area contributed by atoms with E-state index in [9.17, 15) is 4.79 Å². The molecule has 0 saturated carbocycles. The van der Waals surface area contributed by atoms with Gasteiger partial charge < -0.3 is 9.84 Å². The van der Waals surface area contributed by atoms with E-state index >= 15 is 0 Å². The molecule has 5 heteroatoms. The van der Waals surface area contributed by atoms with Crippen molar-refractivity contribution in [3.8, 4) is 0 Å². The van der Waals surface area contributed by atoms with Gasteiger partial charge in [-0.05, 0) is 26.0 Å². The van der Waals surface area contributed by atoms with E-state index in [1.54, 1.807) is 19.2 Å². The van der Waals surface area contributed by atoms with Crippen LogP contribution in [0.2, 0.25) is 0 Å². The second kappa shape index (κ2) is 4.78. The highest BCUT2D eigenvalue weighted by molar-refractivity contribution is 5.91. The predicted octanol–water partition coefficient (Wildman–Crippen LogP) is 1.87. The maximum absolute atomic E-state index is 11.8. The smallest absolute Gasteiger partial charge is 0.290 e. The van der Waals surface area contributed by atoms with Crippen molar-refractivity contribution in [2.24, 2.45) is 0 Å². The minimum absolute atomic E-state index is 0.172. The molecule has 2 aromatic heterocycles. The van der Waals surface area contributed by atoms with Gasteiger partial charge in [0.1, 0.15) is 0 Å². The Balaban J connectivity index is 2.04. The van der Waals surface area contributed by atoms with Crippen molar-refractivity contribution in [3.63, 3.8) is 0 Å². The second-order valence-electron chi connectivity index (χ2n) is 3.78. The summed E-state index contributed by atoms with van der Waals surface area (Å²) in [6.45, 7) is 3.63. The molecule has 0 aliphatic carbocycles. The number of carbonyl (C=O) groups excluding carboxylic acids is 1. The lowest BCUT2D eigenvalue weighted by Crippen LogP contribution is -2.26. The van der Waals surface area contributed by atoms with Crippen LogP contribution in [0.1, 0.15) is 34.9 Å². The molecule has 1 atom stereocenters. The fourth-order valence-corrected chi connectivity index (χ4v) is 1.44. The number of rotatable bonds is 3. The molecular weight excluding hydrogens is 218 g/mol. The lowest BCUT2D eigenvalue weighted by Gasteiger charge is -2.11. The monoisotopic (exact) mass is 231 g/mol. The van der Waals surface area contributed by atoms with E-state index in [1.165, 1.54) is 0 Å². The molecule has 0 bridgehead atoms. The van der Waals surface area contributed by atoms with E-state index < -0.39 is 0 Å². The summed E-state index contributed by atoms with van der Waals surface area (Å²) in [6.07, 6.45) is 1.69. The van der Waals surface area contributed by atoms with Crippen LogP contribution in [-0.4, -0.2) is 16.0 Å². The molecule has 88 valence electrons. The van der Waals surface area contributed by atoms with Crippen LogP contribution in [-0.2, 0) is 0 Å². The summed E-state index contributed by atoms with van der Waals surface area (Å²) in [4.78, 5) is 15.9. The lowest BCUT2D eigenvalue weighted by molar-refractivity contribution is 0.0902. The maximum atomic E-state index is 11.8. The number of nitrogens with zero attached hydrogens (tertiary/aromatic N) is 2. The molecule has 1 amide bonds. The Morgan fingerprint density at radius 2 is 2.29 bits per heavy atom. The summed E-state index contributed by atoms with van der Waals surface area (Å²) < 4.78 is 4.88. The molecule has 0 radical (unpaired) electrons. The number of aryl methyl sites for hydroxylation is 1. The van der Waals surface area contributed by atoms with Gasteiger partial charge in [0.2, 0.25) is 5.76 Å². The van der Waals surface area contributed by atoms with Crippen LogP contribution in [0.5, 0.6) is 0 Å². The standard InChI is InChI=1S/C12H13N3O2/c1-8-7-11(17-15-8)12(16)14-9(2)10-5-3-4-6-13-10/h3-7,9H,1-2H3,(H,14,16). The molecule has 0 aromatic carbocycles. The lowest BCUT2D eigenvalue weighted by atomic mass is 10.2. The number of amides is 1. The molecule has 2 heterocycles. The van der Waals surface area contributed by atoms with Crippen molar-refractivity contribution < 1.29 is 9.32 Å². The normalized spacial score (nSPS) is 12.1. The van der Waals surface area contributed by atoms with Gasteiger partial charge in [-0.2, -0.15) is 0 Å². The highest BCUT2D eigenvalue weighted by Crippen LogP contribution is 2.10. The molecule has 5 nitrogen and oxygen atoms in total. The van der Waals surface area contributed by atoms with Crippen molar-refractivity contribution in [2.45, 2.75) is 19.9 Å². The van der Waals surface area contributed by atoms with E-state index in [2.05, 4.69) is 15.5 Å². The van der Waals surface area contributed by atoms with Gasteiger partial charge in [-0.25, -0.2) is 0 Å². The van der Waals surface area contributed by atoms with Crippen molar-refractivity contribution >= 4 is 5.91 Å². The molecule has 1 N–H and O–H groups in total. The van der Waals surface area contributed by atoms with E-state index in [0.717, 1.165) is 5.69 Å². The molecule has 0 fully saturated rings. The Morgan fingerprint density at radius 1 is 1.47 bits per heavy atom. The van der Waals surface area contributed by atoms with Crippen molar-refractivity contribution in [1.29, 1.82) is 0 Å². The first-order valence-electron chi connectivity index (χ1n) is 5.32. The SMILES string of the molecule is Cc1cc(C(=O)NC(C)c2ccccn2)on1. The Kier molecular flexibility index (Phi) is 3.18. The average molecular weight is 231 g/mol. The zero-order valence-corrected chi connectivity index (χ0v) is 9.68. The van der Waals surface area contributed by atoms with E-state index in [4.69, 9.17) is 4.52 Å². The maximum Gasteiger partial charge on any atom is 0.290 e. The van der Waals surface area contributed by atoms with Crippen molar-refractivity contribution in [1.82, 2.24) is 15.5 Å². The molecule has 17 heavy (non-hydrogen) atoms. The van der Waals surface area contributed by atoms with Gasteiger partial charge in [-0.1, -0.05) is 11.2 Å². The third-order valence-electron chi connectivity index (χ3n) is 2.33. The summed E-state index contributed by atoms with van der Waals surface area (Å²) in [5, 5.41) is 6.46. The Bertz CT molecular complexity index is 507. The first-order valence-corrected chi connectivity index (χ1v) is 5.32. The summed E-state index contributed by atoms with van der Waals surface area (Å²) in [6, 6.07) is 6.99. The fourth-order valence-electron chi connectivity index (χ4n) is 1.44. The van der Waals surface area contributed by atoms with Crippen LogP contribution >= 0.6 is 0 Å². The molecular formula is C12H13N3O2. The van der Waals surface area contributed by atoms with Crippen molar-refractivity contribution in [3.05, 3.63) is 47.6 Å². The highest BCUT2D eigenvalue weighted by Gasteiger charge is 2.15. The Morgan fingerprint density at radius 3 is 2.88 bits per heavy atom. The highest BCUT2D eigenvalue weighted by atomic mass is 16.5. The second-order valence-corrected chi connectivity index (χ2v) is 3.78. The third kappa shape index (κ3) is 2.69. The molecule has 2 aromatic rings. The zero-order chi connectivity index (χ0) is 12.3. The number of carbonyl (C=O) groups is 1. The van der Waals surface area contributed by atoms with Gasteiger partial charge in [0.25, 0.3) is 5.91 Å². The van der Waals surface area contributed by atoms with Gasteiger partial charge >= 0.3 is 0 Å². The number of pyridine rings is 1. The van der Waals surface area contributed by atoms with Crippen LogP contribution < -0.4 is 5.32 Å². The average Bonchev–Trinajstić information content (AvgIpc) is 2.77.